The summed E-state index contributed by atoms with van der Waals surface area (Å²) < 4.78 is 11.8. The third-order valence-corrected chi connectivity index (χ3v) is 3.42. The Morgan fingerprint density at radius 1 is 1.29 bits per heavy atom. The van der Waals surface area contributed by atoms with Gasteiger partial charge in [0.1, 0.15) is 0 Å². The quantitative estimate of drug-likeness (QED) is 0.790. The zero-order chi connectivity index (χ0) is 12.3. The molecule has 2 rings (SSSR count). The lowest BCUT2D eigenvalue weighted by Crippen LogP contribution is -2.42. The van der Waals surface area contributed by atoms with Crippen molar-refractivity contribution in [1.82, 2.24) is 0 Å². The molecule has 0 amide bonds. The number of ether oxygens (including phenoxy) is 2. The Labute approximate surface area is 104 Å². The minimum atomic E-state index is -0.210. The highest BCUT2D eigenvalue weighted by molar-refractivity contribution is 5.22. The van der Waals surface area contributed by atoms with Crippen LogP contribution >= 0.6 is 0 Å². The summed E-state index contributed by atoms with van der Waals surface area (Å²) in [7, 11) is 0. The van der Waals surface area contributed by atoms with Gasteiger partial charge in [-0.15, -0.1) is 0 Å². The lowest BCUT2D eigenvalue weighted by molar-refractivity contribution is -0.275. The molecule has 1 heterocycles. The van der Waals surface area contributed by atoms with Crippen LogP contribution in [0.4, 0.5) is 0 Å². The van der Waals surface area contributed by atoms with Gasteiger partial charge in [0.15, 0.2) is 6.29 Å². The minimum Gasteiger partial charge on any atom is -0.350 e. The highest BCUT2D eigenvalue weighted by Gasteiger charge is 2.38. The summed E-state index contributed by atoms with van der Waals surface area (Å²) in [6, 6.07) is 10.5. The zero-order valence-corrected chi connectivity index (χ0v) is 11.0. The fourth-order valence-corrected chi connectivity index (χ4v) is 2.66. The van der Waals surface area contributed by atoms with Crippen LogP contribution < -0.4 is 0 Å². The van der Waals surface area contributed by atoms with Gasteiger partial charge in [-0.25, -0.2) is 0 Å². The predicted octanol–water partition coefficient (Wildman–Crippen LogP) is 3.85. The molecule has 94 valence electrons. The first-order chi connectivity index (χ1) is 8.14. The van der Waals surface area contributed by atoms with Gasteiger partial charge in [0.05, 0.1) is 11.7 Å². The van der Waals surface area contributed by atoms with Crippen molar-refractivity contribution in [2.45, 2.75) is 58.0 Å². The largest absolute Gasteiger partial charge is 0.350 e. The van der Waals surface area contributed by atoms with Gasteiger partial charge in [0, 0.05) is 6.42 Å². The number of hydrogen-bond donors (Lipinski definition) is 0. The summed E-state index contributed by atoms with van der Waals surface area (Å²) in [5.41, 5.74) is 1.04. The van der Waals surface area contributed by atoms with Crippen molar-refractivity contribution in [3.8, 4) is 0 Å². The molecule has 1 fully saturated rings. The molecular weight excluding hydrogens is 212 g/mol. The Hall–Kier alpha value is -0.860. The van der Waals surface area contributed by atoms with E-state index in [1.165, 1.54) is 5.56 Å². The third kappa shape index (κ3) is 2.88. The predicted molar refractivity (Wildman–Crippen MR) is 68.7 cm³/mol. The Kier molecular flexibility index (Phi) is 3.85. The zero-order valence-electron chi connectivity index (χ0n) is 11.0. The molecule has 0 N–H and O–H groups in total. The molecule has 0 aliphatic carbocycles. The summed E-state index contributed by atoms with van der Waals surface area (Å²) in [5, 5.41) is 0. The van der Waals surface area contributed by atoms with Crippen molar-refractivity contribution in [1.29, 1.82) is 0 Å². The van der Waals surface area contributed by atoms with Gasteiger partial charge in [-0.2, -0.15) is 0 Å². The van der Waals surface area contributed by atoms with Crippen LogP contribution in [0.1, 0.15) is 45.6 Å². The fourth-order valence-electron chi connectivity index (χ4n) is 2.66. The maximum atomic E-state index is 6.01. The molecule has 1 aromatic rings. The van der Waals surface area contributed by atoms with E-state index in [9.17, 15) is 0 Å². The second-order valence-corrected chi connectivity index (χ2v) is 5.03. The van der Waals surface area contributed by atoms with Crippen LogP contribution in [0.15, 0.2) is 30.3 Å². The van der Waals surface area contributed by atoms with Crippen LogP contribution in [0.25, 0.3) is 0 Å². The lowest BCUT2D eigenvalue weighted by atomic mass is 9.87. The van der Waals surface area contributed by atoms with Crippen molar-refractivity contribution in [2.75, 3.05) is 0 Å². The maximum absolute atomic E-state index is 6.01. The molecule has 0 radical (unpaired) electrons. The van der Waals surface area contributed by atoms with Crippen LogP contribution in [0.2, 0.25) is 0 Å². The Morgan fingerprint density at radius 3 is 2.65 bits per heavy atom. The monoisotopic (exact) mass is 234 g/mol. The van der Waals surface area contributed by atoms with E-state index in [0.717, 1.165) is 19.3 Å². The Morgan fingerprint density at radius 2 is 2.00 bits per heavy atom. The molecule has 2 heteroatoms. The molecule has 0 saturated carbocycles. The minimum absolute atomic E-state index is 0.120. The summed E-state index contributed by atoms with van der Waals surface area (Å²) in [5.74, 6) is 0. The average molecular weight is 234 g/mol. The molecule has 1 aromatic carbocycles. The fraction of sp³-hybridized carbons (Fsp3) is 0.600. The molecule has 0 unspecified atom stereocenters. The smallest absolute Gasteiger partial charge is 0.156 e. The van der Waals surface area contributed by atoms with Gasteiger partial charge >= 0.3 is 0 Å². The molecule has 1 aliphatic rings. The molecule has 3 atom stereocenters. The van der Waals surface area contributed by atoms with Crippen LogP contribution in [-0.4, -0.2) is 12.4 Å². The maximum Gasteiger partial charge on any atom is 0.156 e. The summed E-state index contributed by atoms with van der Waals surface area (Å²) >= 11 is 0. The average Bonchev–Trinajstić information content (AvgIpc) is 2.29. The number of rotatable bonds is 3. The van der Waals surface area contributed by atoms with E-state index in [4.69, 9.17) is 9.47 Å². The van der Waals surface area contributed by atoms with Gasteiger partial charge in [0.2, 0.25) is 0 Å². The van der Waals surface area contributed by atoms with Gasteiger partial charge in [-0.05, 0) is 25.8 Å². The second kappa shape index (κ2) is 5.19. The first kappa shape index (κ1) is 12.6. The molecule has 1 aliphatic heterocycles. The van der Waals surface area contributed by atoms with Crippen LogP contribution in [0, 0.1) is 0 Å². The lowest BCUT2D eigenvalue weighted by Gasteiger charge is -2.42. The normalized spacial score (nSPS) is 33.6. The number of benzene rings is 1. The van der Waals surface area contributed by atoms with E-state index in [0.29, 0.717) is 6.10 Å². The van der Waals surface area contributed by atoms with Crippen LogP contribution in [-0.2, 0) is 15.1 Å². The van der Waals surface area contributed by atoms with Crippen LogP contribution in [0.3, 0.4) is 0 Å². The molecule has 17 heavy (non-hydrogen) atoms. The van der Waals surface area contributed by atoms with Crippen LogP contribution in [0.5, 0.6) is 0 Å². The Bertz CT molecular complexity index is 349. The summed E-state index contributed by atoms with van der Waals surface area (Å²) in [6.45, 7) is 6.36. The molecule has 0 spiro atoms. The van der Waals surface area contributed by atoms with Gasteiger partial charge in [-0.1, -0.05) is 43.7 Å². The molecule has 2 nitrogen and oxygen atoms in total. The van der Waals surface area contributed by atoms with E-state index >= 15 is 0 Å². The SMILES string of the molecule is CCC[C@H]1C[C@@](C)(c2ccccc2)O[C@@H](C)O1. The third-order valence-electron chi connectivity index (χ3n) is 3.42. The van der Waals surface area contributed by atoms with Crippen molar-refractivity contribution in [2.24, 2.45) is 0 Å². The topological polar surface area (TPSA) is 18.5 Å². The van der Waals surface area contributed by atoms with E-state index in [2.05, 4.69) is 38.1 Å². The van der Waals surface area contributed by atoms with E-state index in [-0.39, 0.29) is 11.9 Å². The van der Waals surface area contributed by atoms with Crippen molar-refractivity contribution < 1.29 is 9.47 Å². The van der Waals surface area contributed by atoms with Gasteiger partial charge in [0.25, 0.3) is 0 Å². The van der Waals surface area contributed by atoms with Crippen molar-refractivity contribution >= 4 is 0 Å². The molecule has 1 saturated heterocycles. The van der Waals surface area contributed by atoms with E-state index < -0.39 is 0 Å². The van der Waals surface area contributed by atoms with Gasteiger partial charge in [-0.3, -0.25) is 0 Å². The van der Waals surface area contributed by atoms with Crippen molar-refractivity contribution in [3.05, 3.63) is 35.9 Å². The standard InChI is InChI=1S/C15H22O2/c1-4-8-14-11-15(3,17-12(2)16-14)13-9-6-5-7-10-13/h5-7,9-10,12,14H,4,8,11H2,1-3H3/t12-,14-,15-/m0/s1. The highest BCUT2D eigenvalue weighted by Crippen LogP contribution is 2.37. The molecular formula is C15H22O2. The Balaban J connectivity index is 2.18. The number of hydrogen-bond acceptors (Lipinski definition) is 2. The molecule has 0 bridgehead atoms. The first-order valence-corrected chi connectivity index (χ1v) is 6.53. The first-order valence-electron chi connectivity index (χ1n) is 6.53. The van der Waals surface area contributed by atoms with Gasteiger partial charge < -0.3 is 9.47 Å². The molecule has 0 aromatic heterocycles. The summed E-state index contributed by atoms with van der Waals surface area (Å²) in [6.07, 6.45) is 3.40. The second-order valence-electron chi connectivity index (χ2n) is 5.03. The van der Waals surface area contributed by atoms with Crippen molar-refractivity contribution in [3.63, 3.8) is 0 Å². The highest BCUT2D eigenvalue weighted by atomic mass is 16.7. The summed E-state index contributed by atoms with van der Waals surface area (Å²) in [4.78, 5) is 0. The van der Waals surface area contributed by atoms with E-state index in [1.54, 1.807) is 0 Å². The van der Waals surface area contributed by atoms with E-state index in [1.807, 2.05) is 13.0 Å².